The molecule has 6 heteroatoms. The highest BCUT2D eigenvalue weighted by Crippen LogP contribution is 2.28. The zero-order valence-corrected chi connectivity index (χ0v) is 11.5. The average molecular weight is 275 g/mol. The van der Waals surface area contributed by atoms with Gasteiger partial charge in [0.15, 0.2) is 10.3 Å². The van der Waals surface area contributed by atoms with Crippen molar-refractivity contribution in [2.45, 2.75) is 18.9 Å². The van der Waals surface area contributed by atoms with E-state index < -0.39 is 0 Å². The molecule has 1 aliphatic heterocycles. The largest absolute Gasteiger partial charge is 0.369 e. The summed E-state index contributed by atoms with van der Waals surface area (Å²) < 4.78 is 0. The summed E-state index contributed by atoms with van der Waals surface area (Å²) in [5.41, 5.74) is 0.862. The molecular weight excluding hydrogens is 259 g/mol. The number of rotatable bonds is 2. The summed E-state index contributed by atoms with van der Waals surface area (Å²) in [5.74, 6) is 0. The van der Waals surface area contributed by atoms with Crippen molar-refractivity contribution in [2.24, 2.45) is 0 Å². The topological polar surface area (TPSA) is 32.3 Å². The van der Waals surface area contributed by atoms with Crippen molar-refractivity contribution in [1.29, 1.82) is 0 Å². The highest BCUT2D eigenvalue weighted by molar-refractivity contribution is 6.33. The Balaban J connectivity index is 2.13. The first-order valence-corrected chi connectivity index (χ1v) is 6.43. The van der Waals surface area contributed by atoms with Crippen molar-refractivity contribution in [1.82, 2.24) is 15.1 Å². The third kappa shape index (κ3) is 3.00. The number of anilines is 1. The second kappa shape index (κ2) is 5.38. The predicted molar refractivity (Wildman–Crippen MR) is 71.0 cm³/mol. The Labute approximate surface area is 112 Å². The molecule has 0 amide bonds. The van der Waals surface area contributed by atoms with Crippen LogP contribution in [0.15, 0.2) is 6.07 Å². The molecule has 0 saturated carbocycles. The van der Waals surface area contributed by atoms with Gasteiger partial charge in [0.1, 0.15) is 0 Å². The molecule has 1 aliphatic rings. The van der Waals surface area contributed by atoms with E-state index in [9.17, 15) is 0 Å². The Morgan fingerprint density at radius 3 is 2.59 bits per heavy atom. The minimum absolute atomic E-state index is 0.379. The van der Waals surface area contributed by atoms with Gasteiger partial charge in [0, 0.05) is 19.2 Å². The Morgan fingerprint density at radius 1 is 1.29 bits per heavy atom. The molecule has 1 aromatic heterocycles. The maximum atomic E-state index is 6.05. The zero-order valence-electron chi connectivity index (χ0n) is 10.0. The van der Waals surface area contributed by atoms with Crippen LogP contribution in [0, 0.1) is 0 Å². The van der Waals surface area contributed by atoms with Crippen LogP contribution in [0.2, 0.25) is 10.3 Å². The van der Waals surface area contributed by atoms with Crippen LogP contribution in [0.3, 0.4) is 0 Å². The quantitative estimate of drug-likeness (QED) is 0.829. The number of hydrogen-bond acceptors (Lipinski definition) is 4. The lowest BCUT2D eigenvalue weighted by Crippen LogP contribution is -2.42. The van der Waals surface area contributed by atoms with Gasteiger partial charge in [-0.05, 0) is 33.0 Å². The number of likely N-dealkylation sites (tertiary alicyclic amines) is 1. The first kappa shape index (κ1) is 12.9. The van der Waals surface area contributed by atoms with Crippen molar-refractivity contribution in [3.8, 4) is 0 Å². The maximum absolute atomic E-state index is 6.05. The molecule has 0 N–H and O–H groups in total. The van der Waals surface area contributed by atoms with Crippen molar-refractivity contribution in [2.75, 3.05) is 32.1 Å². The predicted octanol–water partition coefficient (Wildman–Crippen LogP) is 2.31. The minimum atomic E-state index is 0.379. The van der Waals surface area contributed by atoms with Gasteiger partial charge in [-0.3, -0.25) is 0 Å². The normalized spacial score (nSPS) is 18.4. The van der Waals surface area contributed by atoms with Crippen LogP contribution in [0.4, 0.5) is 5.69 Å². The van der Waals surface area contributed by atoms with Gasteiger partial charge >= 0.3 is 0 Å². The van der Waals surface area contributed by atoms with Crippen molar-refractivity contribution < 1.29 is 0 Å². The molecule has 0 radical (unpaired) electrons. The van der Waals surface area contributed by atoms with Crippen LogP contribution in [-0.2, 0) is 0 Å². The maximum Gasteiger partial charge on any atom is 0.175 e. The minimum Gasteiger partial charge on any atom is -0.369 e. The SMILES string of the molecule is CN1CCC(N(C)c2cc(Cl)nnc2Cl)CC1. The van der Waals surface area contributed by atoms with Crippen LogP contribution < -0.4 is 4.90 Å². The first-order chi connectivity index (χ1) is 8.08. The van der Waals surface area contributed by atoms with E-state index >= 15 is 0 Å². The summed E-state index contributed by atoms with van der Waals surface area (Å²) in [6.45, 7) is 2.22. The Hall–Kier alpha value is -0.580. The molecule has 2 rings (SSSR count). The zero-order chi connectivity index (χ0) is 12.4. The number of aromatic nitrogens is 2. The molecule has 0 spiro atoms. The van der Waals surface area contributed by atoms with Crippen LogP contribution in [0.5, 0.6) is 0 Å². The molecule has 1 aromatic rings. The lowest BCUT2D eigenvalue weighted by molar-refractivity contribution is 0.253. The lowest BCUT2D eigenvalue weighted by Gasteiger charge is -2.36. The molecular formula is C11H16Cl2N4. The Morgan fingerprint density at radius 2 is 1.94 bits per heavy atom. The van der Waals surface area contributed by atoms with E-state index in [0.717, 1.165) is 31.6 Å². The summed E-state index contributed by atoms with van der Waals surface area (Å²) in [6.07, 6.45) is 2.26. The number of nitrogens with zero attached hydrogens (tertiary/aromatic N) is 4. The van der Waals surface area contributed by atoms with Gasteiger partial charge in [0.25, 0.3) is 0 Å². The lowest BCUT2D eigenvalue weighted by atomic mass is 10.0. The van der Waals surface area contributed by atoms with Crippen LogP contribution in [-0.4, -0.2) is 48.3 Å². The molecule has 94 valence electrons. The second-order valence-electron chi connectivity index (χ2n) is 4.49. The van der Waals surface area contributed by atoms with E-state index in [4.69, 9.17) is 23.2 Å². The van der Waals surface area contributed by atoms with E-state index in [2.05, 4.69) is 27.0 Å². The summed E-state index contributed by atoms with van der Waals surface area (Å²) in [7, 11) is 4.18. The van der Waals surface area contributed by atoms with E-state index in [1.807, 2.05) is 7.05 Å². The number of hydrogen-bond donors (Lipinski definition) is 0. The van der Waals surface area contributed by atoms with E-state index in [1.54, 1.807) is 6.07 Å². The standard InChI is InChI=1S/C11H16Cl2N4/c1-16-5-3-8(4-6-16)17(2)9-7-10(12)14-15-11(9)13/h7-8H,3-6H2,1-2H3. The number of halogens is 2. The third-order valence-electron chi connectivity index (χ3n) is 3.32. The molecule has 0 unspecified atom stereocenters. The van der Waals surface area contributed by atoms with Gasteiger partial charge < -0.3 is 9.80 Å². The monoisotopic (exact) mass is 274 g/mol. The van der Waals surface area contributed by atoms with Crippen LogP contribution in [0.1, 0.15) is 12.8 Å². The molecule has 0 bridgehead atoms. The first-order valence-electron chi connectivity index (χ1n) is 5.68. The fourth-order valence-corrected chi connectivity index (χ4v) is 2.54. The summed E-state index contributed by atoms with van der Waals surface area (Å²) >= 11 is 11.9. The molecule has 0 aromatic carbocycles. The van der Waals surface area contributed by atoms with Crippen molar-refractivity contribution in [3.05, 3.63) is 16.4 Å². The van der Waals surface area contributed by atoms with Crippen LogP contribution >= 0.6 is 23.2 Å². The molecule has 4 nitrogen and oxygen atoms in total. The van der Waals surface area contributed by atoms with Gasteiger partial charge in [0.05, 0.1) is 5.69 Å². The molecule has 0 aliphatic carbocycles. The van der Waals surface area contributed by atoms with Crippen LogP contribution in [0.25, 0.3) is 0 Å². The van der Waals surface area contributed by atoms with E-state index in [1.165, 1.54) is 0 Å². The second-order valence-corrected chi connectivity index (χ2v) is 5.23. The fourth-order valence-electron chi connectivity index (χ4n) is 2.17. The van der Waals surface area contributed by atoms with Crippen molar-refractivity contribution >= 4 is 28.9 Å². The van der Waals surface area contributed by atoms with Gasteiger partial charge in [-0.1, -0.05) is 23.2 Å². The highest BCUT2D eigenvalue weighted by Gasteiger charge is 2.22. The molecule has 17 heavy (non-hydrogen) atoms. The average Bonchev–Trinajstić information content (AvgIpc) is 2.32. The molecule has 1 fully saturated rings. The summed E-state index contributed by atoms with van der Waals surface area (Å²) in [5, 5.41) is 8.36. The fraction of sp³-hybridized carbons (Fsp3) is 0.636. The summed E-state index contributed by atoms with van der Waals surface area (Å²) in [4.78, 5) is 4.50. The Kier molecular flexibility index (Phi) is 4.07. The van der Waals surface area contributed by atoms with Gasteiger partial charge in [0.2, 0.25) is 0 Å². The third-order valence-corrected chi connectivity index (χ3v) is 3.77. The Bertz CT molecular complexity index is 391. The van der Waals surface area contributed by atoms with E-state index in [0.29, 0.717) is 16.3 Å². The molecule has 0 atom stereocenters. The number of piperidine rings is 1. The molecule has 1 saturated heterocycles. The highest BCUT2D eigenvalue weighted by atomic mass is 35.5. The van der Waals surface area contributed by atoms with Gasteiger partial charge in [-0.25, -0.2) is 0 Å². The van der Waals surface area contributed by atoms with Crippen molar-refractivity contribution in [3.63, 3.8) is 0 Å². The smallest absolute Gasteiger partial charge is 0.175 e. The van der Waals surface area contributed by atoms with E-state index in [-0.39, 0.29) is 0 Å². The van der Waals surface area contributed by atoms with Gasteiger partial charge in [-0.2, -0.15) is 0 Å². The van der Waals surface area contributed by atoms with Gasteiger partial charge in [-0.15, -0.1) is 10.2 Å². The summed E-state index contributed by atoms with van der Waals surface area (Å²) in [6, 6.07) is 2.26. The molecule has 2 heterocycles.